The van der Waals surface area contributed by atoms with Crippen LogP contribution in [0, 0.1) is 0 Å². The van der Waals surface area contributed by atoms with E-state index in [0.717, 1.165) is 44.8 Å². The molecular formula is C17H23N3O. The molecular weight excluding hydrogens is 262 g/mol. The number of nitrogens with zero attached hydrogens (tertiary/aromatic N) is 2. The van der Waals surface area contributed by atoms with Gasteiger partial charge in [0.25, 0.3) is 0 Å². The van der Waals surface area contributed by atoms with Gasteiger partial charge in [0.15, 0.2) is 0 Å². The van der Waals surface area contributed by atoms with E-state index in [2.05, 4.69) is 52.3 Å². The zero-order chi connectivity index (χ0) is 14.5. The number of benzene rings is 1. The van der Waals surface area contributed by atoms with Crippen molar-refractivity contribution in [1.82, 2.24) is 14.9 Å². The highest BCUT2D eigenvalue weighted by Crippen LogP contribution is 2.28. The van der Waals surface area contributed by atoms with Gasteiger partial charge >= 0.3 is 0 Å². The van der Waals surface area contributed by atoms with E-state index in [9.17, 15) is 0 Å². The number of fused-ring (bicyclic) bond motifs is 1. The van der Waals surface area contributed by atoms with E-state index < -0.39 is 0 Å². The number of ether oxygens (including phenoxy) is 1. The van der Waals surface area contributed by atoms with Crippen molar-refractivity contribution < 1.29 is 4.74 Å². The zero-order valence-electron chi connectivity index (χ0n) is 12.6. The van der Waals surface area contributed by atoms with Gasteiger partial charge in [-0.1, -0.05) is 31.2 Å². The third-order valence-electron chi connectivity index (χ3n) is 3.89. The Balaban J connectivity index is 1.65. The number of imidazole rings is 1. The van der Waals surface area contributed by atoms with Crippen molar-refractivity contribution in [1.29, 1.82) is 0 Å². The maximum Gasteiger partial charge on any atom is 0.101 e. The van der Waals surface area contributed by atoms with Crippen LogP contribution in [-0.4, -0.2) is 22.7 Å². The number of nitrogens with one attached hydrogen (secondary N) is 1. The molecule has 1 aliphatic heterocycles. The van der Waals surface area contributed by atoms with Gasteiger partial charge in [-0.3, -0.25) is 0 Å². The second-order valence-corrected chi connectivity index (χ2v) is 5.55. The summed E-state index contributed by atoms with van der Waals surface area (Å²) >= 11 is 0. The first-order valence-electron chi connectivity index (χ1n) is 7.77. The zero-order valence-corrected chi connectivity index (χ0v) is 12.6. The smallest absolute Gasteiger partial charge is 0.101 e. The summed E-state index contributed by atoms with van der Waals surface area (Å²) in [4.78, 5) is 4.45. The summed E-state index contributed by atoms with van der Waals surface area (Å²) in [7, 11) is 0. The van der Waals surface area contributed by atoms with Crippen molar-refractivity contribution in [2.45, 2.75) is 39.0 Å². The fourth-order valence-corrected chi connectivity index (χ4v) is 2.81. The van der Waals surface area contributed by atoms with Crippen LogP contribution in [0.4, 0.5) is 0 Å². The molecule has 21 heavy (non-hydrogen) atoms. The van der Waals surface area contributed by atoms with Crippen molar-refractivity contribution in [2.24, 2.45) is 0 Å². The van der Waals surface area contributed by atoms with Crippen molar-refractivity contribution in [2.75, 3.05) is 13.2 Å². The Kier molecular flexibility index (Phi) is 4.68. The summed E-state index contributed by atoms with van der Waals surface area (Å²) in [5, 5.41) is 3.38. The SMILES string of the molecule is CCCNCc1cn(CC2OCCc3ccccc32)cn1. The predicted octanol–water partition coefficient (Wildman–Crippen LogP) is 2.70. The second kappa shape index (κ2) is 6.87. The standard InChI is InChI=1S/C17H23N3O/c1-2-8-18-10-15-11-20(13-19-15)12-17-16-6-4-3-5-14(16)7-9-21-17/h3-6,11,13,17-18H,2,7-10,12H2,1H3. The molecule has 1 aromatic carbocycles. The molecule has 0 saturated carbocycles. The van der Waals surface area contributed by atoms with Gasteiger partial charge in [-0.25, -0.2) is 4.98 Å². The van der Waals surface area contributed by atoms with Crippen LogP contribution < -0.4 is 5.32 Å². The van der Waals surface area contributed by atoms with Gasteiger partial charge in [-0.05, 0) is 30.5 Å². The number of aromatic nitrogens is 2. The molecule has 2 heterocycles. The van der Waals surface area contributed by atoms with Crippen LogP contribution in [-0.2, 0) is 24.2 Å². The molecule has 0 spiro atoms. The lowest BCUT2D eigenvalue weighted by molar-refractivity contribution is 0.0306. The van der Waals surface area contributed by atoms with E-state index in [0.29, 0.717) is 0 Å². The van der Waals surface area contributed by atoms with Crippen molar-refractivity contribution in [3.8, 4) is 0 Å². The highest BCUT2D eigenvalue weighted by Gasteiger charge is 2.20. The number of rotatable bonds is 6. The lowest BCUT2D eigenvalue weighted by Crippen LogP contribution is -2.20. The maximum absolute atomic E-state index is 5.95. The average molecular weight is 285 g/mol. The van der Waals surface area contributed by atoms with Gasteiger partial charge in [0.2, 0.25) is 0 Å². The van der Waals surface area contributed by atoms with E-state index in [1.807, 2.05) is 6.33 Å². The molecule has 1 aliphatic rings. The van der Waals surface area contributed by atoms with E-state index >= 15 is 0 Å². The quantitative estimate of drug-likeness (QED) is 0.829. The number of hydrogen-bond acceptors (Lipinski definition) is 3. The molecule has 0 fully saturated rings. The van der Waals surface area contributed by atoms with Crippen LogP contribution in [0.2, 0.25) is 0 Å². The molecule has 1 N–H and O–H groups in total. The maximum atomic E-state index is 5.95. The predicted molar refractivity (Wildman–Crippen MR) is 83.1 cm³/mol. The molecule has 3 rings (SSSR count). The monoisotopic (exact) mass is 285 g/mol. The van der Waals surface area contributed by atoms with Gasteiger partial charge in [0.05, 0.1) is 25.2 Å². The first-order chi connectivity index (χ1) is 10.4. The third-order valence-corrected chi connectivity index (χ3v) is 3.89. The van der Waals surface area contributed by atoms with Gasteiger partial charge < -0.3 is 14.6 Å². The highest BCUT2D eigenvalue weighted by atomic mass is 16.5. The fraction of sp³-hybridized carbons (Fsp3) is 0.471. The average Bonchev–Trinajstić information content (AvgIpc) is 2.96. The van der Waals surface area contributed by atoms with Gasteiger partial charge in [-0.2, -0.15) is 0 Å². The normalized spacial score (nSPS) is 17.7. The van der Waals surface area contributed by atoms with Crippen molar-refractivity contribution >= 4 is 0 Å². The Bertz CT molecular complexity index is 579. The van der Waals surface area contributed by atoms with Crippen LogP contribution in [0.3, 0.4) is 0 Å². The molecule has 0 aliphatic carbocycles. The summed E-state index contributed by atoms with van der Waals surface area (Å²) in [5.74, 6) is 0. The molecule has 1 aromatic heterocycles. The molecule has 0 bridgehead atoms. The first-order valence-corrected chi connectivity index (χ1v) is 7.77. The minimum atomic E-state index is 0.139. The Morgan fingerprint density at radius 2 is 2.29 bits per heavy atom. The van der Waals surface area contributed by atoms with Gasteiger partial charge in [0, 0.05) is 12.7 Å². The van der Waals surface area contributed by atoms with E-state index in [4.69, 9.17) is 4.74 Å². The highest BCUT2D eigenvalue weighted by molar-refractivity contribution is 5.30. The van der Waals surface area contributed by atoms with Crippen LogP contribution in [0.1, 0.15) is 36.3 Å². The summed E-state index contributed by atoms with van der Waals surface area (Å²) in [6.07, 6.45) is 6.32. The molecule has 1 atom stereocenters. The molecule has 0 amide bonds. The Morgan fingerprint density at radius 1 is 1.38 bits per heavy atom. The van der Waals surface area contributed by atoms with Gasteiger partial charge in [0.1, 0.15) is 6.10 Å². The van der Waals surface area contributed by atoms with Crippen LogP contribution in [0.5, 0.6) is 0 Å². The van der Waals surface area contributed by atoms with Crippen LogP contribution in [0.15, 0.2) is 36.8 Å². The van der Waals surface area contributed by atoms with E-state index in [1.165, 1.54) is 11.1 Å². The second-order valence-electron chi connectivity index (χ2n) is 5.55. The number of hydrogen-bond donors (Lipinski definition) is 1. The first kappa shape index (κ1) is 14.3. The Morgan fingerprint density at radius 3 is 3.19 bits per heavy atom. The Hall–Kier alpha value is -1.65. The van der Waals surface area contributed by atoms with Crippen molar-refractivity contribution in [3.05, 3.63) is 53.6 Å². The lowest BCUT2D eigenvalue weighted by atomic mass is 9.97. The summed E-state index contributed by atoms with van der Waals surface area (Å²) < 4.78 is 8.09. The fourth-order valence-electron chi connectivity index (χ4n) is 2.81. The molecule has 1 unspecified atom stereocenters. The largest absolute Gasteiger partial charge is 0.371 e. The van der Waals surface area contributed by atoms with E-state index in [1.54, 1.807) is 0 Å². The Labute approximate surface area is 126 Å². The van der Waals surface area contributed by atoms with Crippen LogP contribution in [0.25, 0.3) is 0 Å². The molecule has 4 heteroatoms. The lowest BCUT2D eigenvalue weighted by Gasteiger charge is -2.26. The topological polar surface area (TPSA) is 39.1 Å². The molecule has 4 nitrogen and oxygen atoms in total. The minimum Gasteiger partial charge on any atom is -0.371 e. The molecule has 0 saturated heterocycles. The summed E-state index contributed by atoms with van der Waals surface area (Å²) in [5.41, 5.74) is 3.83. The summed E-state index contributed by atoms with van der Waals surface area (Å²) in [6.45, 7) is 5.68. The molecule has 0 radical (unpaired) electrons. The molecule has 112 valence electrons. The molecule has 2 aromatic rings. The van der Waals surface area contributed by atoms with Crippen LogP contribution >= 0.6 is 0 Å². The minimum absolute atomic E-state index is 0.139. The third kappa shape index (κ3) is 3.52. The van der Waals surface area contributed by atoms with E-state index in [-0.39, 0.29) is 6.10 Å². The summed E-state index contributed by atoms with van der Waals surface area (Å²) in [6, 6.07) is 8.59. The van der Waals surface area contributed by atoms with Gasteiger partial charge in [-0.15, -0.1) is 0 Å². The van der Waals surface area contributed by atoms with Crippen molar-refractivity contribution in [3.63, 3.8) is 0 Å².